The molecular weight excluding hydrogens is 494 g/mol. The first-order valence-corrected chi connectivity index (χ1v) is 9.76. The Labute approximate surface area is 171 Å². The molecule has 2 unspecified atom stereocenters. The molecule has 2 aliphatic heterocycles. The summed E-state index contributed by atoms with van der Waals surface area (Å²) in [7, 11) is 2.27. The first-order chi connectivity index (χ1) is 12.0. The molecule has 26 heavy (non-hydrogen) atoms. The number of fused-ring (bicyclic) bond motifs is 7. The van der Waals surface area contributed by atoms with Crippen molar-refractivity contribution >= 4 is 0 Å². The van der Waals surface area contributed by atoms with Gasteiger partial charge in [-0.25, -0.2) is 0 Å². The van der Waals surface area contributed by atoms with Crippen molar-refractivity contribution < 1.29 is 20.1 Å². The Hall–Kier alpha value is -1.08. The average Bonchev–Trinajstić information content (AvgIpc) is 2.81. The molecule has 4 aliphatic rings. The monoisotopic (exact) mass is 522 g/mol. The van der Waals surface area contributed by atoms with Gasteiger partial charge in [0, 0.05) is 27.2 Å². The third-order valence-corrected chi connectivity index (χ3v) is 7.16. The van der Waals surface area contributed by atoms with Gasteiger partial charge in [-0.2, -0.15) is 18.2 Å². The molecule has 2 aromatic carbocycles. The fourth-order valence-electron chi connectivity index (χ4n) is 5.64. The largest absolute Gasteiger partial charge is 0.175 e. The summed E-state index contributed by atoms with van der Waals surface area (Å²) in [6.07, 6.45) is 6.55. The Balaban J connectivity index is 0.00000168. The fourth-order valence-corrected chi connectivity index (χ4v) is 5.64. The molecule has 2 aromatic rings. The number of likely N-dealkylation sites (N-methyl/N-ethyl adjacent to an activating group) is 1. The van der Waals surface area contributed by atoms with Crippen molar-refractivity contribution in [2.75, 3.05) is 7.05 Å². The third kappa shape index (κ3) is 2.46. The van der Waals surface area contributed by atoms with Crippen LogP contribution in [0.15, 0.2) is 36.4 Å². The summed E-state index contributed by atoms with van der Waals surface area (Å²) in [5.74, 6) is 0. The summed E-state index contributed by atoms with van der Waals surface area (Å²) < 4.78 is 0. The van der Waals surface area contributed by atoms with E-state index in [-0.39, 0.29) is 30.9 Å². The van der Waals surface area contributed by atoms with Crippen LogP contribution in [-0.2, 0) is 30.9 Å². The van der Waals surface area contributed by atoms with Crippen LogP contribution in [0, 0.1) is 12.6 Å². The normalized spacial score (nSPS) is 28.5. The summed E-state index contributed by atoms with van der Waals surface area (Å²) >= 11 is 0. The Morgan fingerprint density at radius 3 is 2.69 bits per heavy atom. The molecule has 1 radical (unpaired) electrons. The molecule has 2 heterocycles. The molecule has 2 saturated heterocycles. The molecule has 2 aliphatic carbocycles. The Morgan fingerprint density at radius 1 is 1.08 bits per heavy atom. The van der Waals surface area contributed by atoms with E-state index < -0.39 is 0 Å². The first kappa shape index (κ1) is 18.3. The van der Waals surface area contributed by atoms with Crippen molar-refractivity contribution in [2.24, 2.45) is 0 Å². The molecule has 0 spiro atoms. The van der Waals surface area contributed by atoms with Gasteiger partial charge in [0.25, 0.3) is 0 Å². The van der Waals surface area contributed by atoms with Gasteiger partial charge in [-0.3, -0.25) is 0 Å². The van der Waals surface area contributed by atoms with E-state index in [9.17, 15) is 0 Å². The Morgan fingerprint density at radius 2 is 1.88 bits per heavy atom. The number of hydrogen-bond acceptors (Lipinski definition) is 1. The van der Waals surface area contributed by atoms with Crippen molar-refractivity contribution in [3.63, 3.8) is 0 Å². The summed E-state index contributed by atoms with van der Waals surface area (Å²) in [6, 6.07) is 18.1. The van der Waals surface area contributed by atoms with Gasteiger partial charge < -0.3 is 0 Å². The van der Waals surface area contributed by atoms with E-state index >= 15 is 0 Å². The van der Waals surface area contributed by atoms with Gasteiger partial charge in [0.2, 0.25) is 0 Å². The van der Waals surface area contributed by atoms with E-state index in [1.54, 1.807) is 0 Å². The van der Waals surface area contributed by atoms with Gasteiger partial charge in [0.1, 0.15) is 5.41 Å². The van der Waals surface area contributed by atoms with E-state index in [1.165, 1.54) is 59.9 Å². The predicted molar refractivity (Wildman–Crippen MR) is 103 cm³/mol. The number of benzene rings is 2. The zero-order chi connectivity index (χ0) is 17.2. The standard InChI is InChI=1S/C24H27N.Ir/c1-23(2)21-9-5-4-8-19(21)20-11-10-17(15-22(20)23)24-13-6-7-18(12-14-24)25(3)16-24;/h4-5,8-9,11,15-16,18H,6-7,12-14H2,1-3H3;. The van der Waals surface area contributed by atoms with Crippen LogP contribution in [0.4, 0.5) is 0 Å². The van der Waals surface area contributed by atoms with Gasteiger partial charge in [-0.15, -0.1) is 21.6 Å². The molecule has 2 atom stereocenters. The Kier molecular flexibility index (Phi) is 4.38. The van der Waals surface area contributed by atoms with Crippen LogP contribution in [-0.4, -0.2) is 18.0 Å². The van der Waals surface area contributed by atoms with Crippen molar-refractivity contribution in [3.8, 4) is 11.1 Å². The van der Waals surface area contributed by atoms with E-state index in [0.29, 0.717) is 0 Å². The third-order valence-electron chi connectivity index (χ3n) is 7.16. The maximum absolute atomic E-state index is 3.72. The number of rotatable bonds is 1. The van der Waals surface area contributed by atoms with E-state index in [4.69, 9.17) is 0 Å². The molecule has 1 nitrogen and oxygen atoms in total. The van der Waals surface area contributed by atoms with E-state index in [1.807, 2.05) is 0 Å². The minimum Gasteiger partial charge on any atom is -0.175 e. The first-order valence-electron chi connectivity index (χ1n) is 9.76. The van der Waals surface area contributed by atoms with Crippen LogP contribution in [0.1, 0.15) is 62.6 Å². The average molecular weight is 522 g/mol. The molecule has 0 N–H and O–H groups in total. The second-order valence-electron chi connectivity index (χ2n) is 8.88. The second kappa shape index (κ2) is 6.23. The van der Waals surface area contributed by atoms with E-state index in [2.05, 4.69) is 74.8 Å². The van der Waals surface area contributed by atoms with Crippen LogP contribution in [0.5, 0.6) is 0 Å². The molecule has 137 valence electrons. The number of nitrogens with zero attached hydrogens (tertiary/aromatic N) is 1. The summed E-state index contributed by atoms with van der Waals surface area (Å²) in [5.41, 5.74) is 7.42. The van der Waals surface area contributed by atoms with Gasteiger partial charge in [0.05, 0.1) is 6.04 Å². The molecule has 1 saturated carbocycles. The van der Waals surface area contributed by atoms with Gasteiger partial charge >= 0.3 is 0 Å². The van der Waals surface area contributed by atoms with Crippen molar-refractivity contribution in [1.29, 1.82) is 0 Å². The summed E-state index contributed by atoms with van der Waals surface area (Å²) in [6.45, 7) is 7.28. The van der Waals surface area contributed by atoms with Crippen LogP contribution in [0.3, 0.4) is 0 Å². The Bertz CT molecular complexity index is 836. The zero-order valence-electron chi connectivity index (χ0n) is 15.9. The van der Waals surface area contributed by atoms with Crippen LogP contribution >= 0.6 is 0 Å². The van der Waals surface area contributed by atoms with Crippen molar-refractivity contribution in [2.45, 2.75) is 62.8 Å². The topological polar surface area (TPSA) is 3.24 Å². The summed E-state index contributed by atoms with van der Waals surface area (Å²) in [5, 5.41) is 0. The molecule has 2 bridgehead atoms. The zero-order valence-corrected chi connectivity index (χ0v) is 18.3. The summed E-state index contributed by atoms with van der Waals surface area (Å²) in [4.78, 5) is 2.50. The molecule has 2 heteroatoms. The quantitative estimate of drug-likeness (QED) is 0.450. The van der Waals surface area contributed by atoms with Crippen molar-refractivity contribution in [1.82, 2.24) is 4.90 Å². The fraction of sp³-hybridized carbons (Fsp3) is 0.458. The maximum Gasteiger partial charge on any atom is 0.167 e. The van der Waals surface area contributed by atoms with Crippen molar-refractivity contribution in [3.05, 3.63) is 65.7 Å². The van der Waals surface area contributed by atoms with E-state index in [0.717, 1.165) is 6.04 Å². The molecule has 0 aromatic heterocycles. The SMILES string of the molecule is CN1[CH+]C2(c3[c-]cc4c(c3)C(C)(C)c3ccccc3-4)CCCC1CC2.[Ir]. The molecular formula is C24H27IrN. The molecule has 0 amide bonds. The van der Waals surface area contributed by atoms with Crippen LogP contribution in [0.2, 0.25) is 0 Å². The van der Waals surface area contributed by atoms with Gasteiger partial charge in [0.15, 0.2) is 6.54 Å². The number of hydrogen-bond donors (Lipinski definition) is 0. The minimum absolute atomic E-state index is 0. The van der Waals surface area contributed by atoms with Gasteiger partial charge in [-0.1, -0.05) is 43.7 Å². The maximum atomic E-state index is 3.72. The van der Waals surface area contributed by atoms with Crippen LogP contribution < -0.4 is 0 Å². The molecule has 3 fully saturated rings. The minimum atomic E-state index is 0. The predicted octanol–water partition coefficient (Wildman–Crippen LogP) is 5.47. The number of piperidine rings is 1. The smallest absolute Gasteiger partial charge is 0.167 e. The van der Waals surface area contributed by atoms with Gasteiger partial charge in [-0.05, 0) is 43.1 Å². The van der Waals surface area contributed by atoms with Crippen LogP contribution in [0.25, 0.3) is 11.1 Å². The molecule has 6 rings (SSSR count). The second-order valence-corrected chi connectivity index (χ2v) is 8.88.